The SMILES string of the molecule is N#Cc1ccc(SCC(=O)NC[C@@H]2COc3ccccc3C2)cc1. The van der Waals surface area contributed by atoms with Gasteiger partial charge in [-0.15, -0.1) is 11.8 Å². The summed E-state index contributed by atoms with van der Waals surface area (Å²) in [7, 11) is 0. The van der Waals surface area contributed by atoms with E-state index in [0.29, 0.717) is 30.4 Å². The maximum absolute atomic E-state index is 12.0. The van der Waals surface area contributed by atoms with Crippen molar-refractivity contribution in [2.45, 2.75) is 11.3 Å². The molecule has 2 aromatic rings. The van der Waals surface area contributed by atoms with Gasteiger partial charge in [-0.25, -0.2) is 0 Å². The van der Waals surface area contributed by atoms with E-state index in [2.05, 4.69) is 17.5 Å². The number of hydrogen-bond donors (Lipinski definition) is 1. The van der Waals surface area contributed by atoms with Crippen molar-refractivity contribution in [2.75, 3.05) is 18.9 Å². The van der Waals surface area contributed by atoms with Gasteiger partial charge in [0.1, 0.15) is 5.75 Å². The predicted molar refractivity (Wildman–Crippen MR) is 94.0 cm³/mol. The van der Waals surface area contributed by atoms with Gasteiger partial charge in [-0.2, -0.15) is 5.26 Å². The van der Waals surface area contributed by atoms with Crippen LogP contribution >= 0.6 is 11.8 Å². The average Bonchev–Trinajstić information content (AvgIpc) is 2.65. The van der Waals surface area contributed by atoms with Gasteiger partial charge < -0.3 is 10.1 Å². The molecular formula is C19H18N2O2S. The van der Waals surface area contributed by atoms with E-state index >= 15 is 0 Å². The molecule has 1 amide bonds. The van der Waals surface area contributed by atoms with Crippen molar-refractivity contribution in [3.8, 4) is 11.8 Å². The minimum atomic E-state index is 0.0169. The van der Waals surface area contributed by atoms with E-state index in [-0.39, 0.29) is 5.91 Å². The fraction of sp³-hybridized carbons (Fsp3) is 0.263. The zero-order chi connectivity index (χ0) is 16.8. The zero-order valence-electron chi connectivity index (χ0n) is 13.2. The Bertz CT molecular complexity index is 753. The molecule has 1 aliphatic rings. The Morgan fingerprint density at radius 2 is 2.04 bits per heavy atom. The summed E-state index contributed by atoms with van der Waals surface area (Å²) in [5.74, 6) is 1.65. The highest BCUT2D eigenvalue weighted by atomic mass is 32.2. The smallest absolute Gasteiger partial charge is 0.230 e. The number of carbonyl (C=O) groups excluding carboxylic acids is 1. The molecule has 2 aromatic carbocycles. The lowest BCUT2D eigenvalue weighted by Gasteiger charge is -2.25. The van der Waals surface area contributed by atoms with Gasteiger partial charge in [0.25, 0.3) is 0 Å². The number of nitrogens with zero attached hydrogens (tertiary/aromatic N) is 1. The number of hydrogen-bond acceptors (Lipinski definition) is 4. The molecule has 0 radical (unpaired) electrons. The number of rotatable bonds is 5. The third-order valence-corrected chi connectivity index (χ3v) is 4.91. The standard InChI is InChI=1S/C19H18N2O2S/c20-10-14-5-7-17(8-6-14)24-13-19(22)21-11-15-9-16-3-1-2-4-18(16)23-12-15/h1-8,15H,9,11-13H2,(H,21,22)/t15-/m1/s1. The van der Waals surface area contributed by atoms with Crippen LogP contribution in [0.15, 0.2) is 53.4 Å². The maximum Gasteiger partial charge on any atom is 0.230 e. The second-order valence-corrected chi connectivity index (χ2v) is 6.77. The number of nitrogens with one attached hydrogen (secondary N) is 1. The highest BCUT2D eigenvalue weighted by Crippen LogP contribution is 2.26. The van der Waals surface area contributed by atoms with Gasteiger partial charge in [-0.3, -0.25) is 4.79 Å². The molecule has 1 heterocycles. The van der Waals surface area contributed by atoms with Crippen molar-refractivity contribution in [2.24, 2.45) is 5.92 Å². The van der Waals surface area contributed by atoms with E-state index < -0.39 is 0 Å². The van der Waals surface area contributed by atoms with Crippen LogP contribution in [0.4, 0.5) is 0 Å². The fourth-order valence-electron chi connectivity index (χ4n) is 2.61. The summed E-state index contributed by atoms with van der Waals surface area (Å²) in [5, 5.41) is 11.8. The zero-order valence-corrected chi connectivity index (χ0v) is 14.0. The number of nitriles is 1. The van der Waals surface area contributed by atoms with Gasteiger partial charge in [0.05, 0.1) is 24.0 Å². The lowest BCUT2D eigenvalue weighted by atomic mass is 9.97. The summed E-state index contributed by atoms with van der Waals surface area (Å²) in [6.07, 6.45) is 0.930. The molecule has 0 saturated carbocycles. The Morgan fingerprint density at radius 3 is 2.83 bits per heavy atom. The van der Waals surface area contributed by atoms with Crippen LogP contribution in [0.3, 0.4) is 0 Å². The largest absolute Gasteiger partial charge is 0.493 e. The van der Waals surface area contributed by atoms with Gasteiger partial charge in [0.15, 0.2) is 0 Å². The van der Waals surface area contributed by atoms with Gasteiger partial charge in [-0.1, -0.05) is 18.2 Å². The van der Waals surface area contributed by atoms with Crippen LogP contribution in [-0.4, -0.2) is 24.8 Å². The number of carbonyl (C=O) groups is 1. The molecule has 1 atom stereocenters. The molecule has 0 bridgehead atoms. The summed E-state index contributed by atoms with van der Waals surface area (Å²) in [6, 6.07) is 17.4. The van der Waals surface area contributed by atoms with Crippen LogP contribution in [0.5, 0.6) is 5.75 Å². The average molecular weight is 338 g/mol. The second kappa shape index (κ2) is 7.89. The lowest BCUT2D eigenvalue weighted by molar-refractivity contribution is -0.118. The molecule has 0 unspecified atom stereocenters. The molecular weight excluding hydrogens is 320 g/mol. The van der Waals surface area contributed by atoms with E-state index in [9.17, 15) is 4.79 Å². The maximum atomic E-state index is 12.0. The van der Waals surface area contributed by atoms with Crippen LogP contribution < -0.4 is 10.1 Å². The summed E-state index contributed by atoms with van der Waals surface area (Å²) >= 11 is 1.47. The van der Waals surface area contributed by atoms with Crippen LogP contribution in [-0.2, 0) is 11.2 Å². The van der Waals surface area contributed by atoms with E-state index in [4.69, 9.17) is 10.00 Å². The van der Waals surface area contributed by atoms with Crippen molar-refractivity contribution in [3.05, 3.63) is 59.7 Å². The highest BCUT2D eigenvalue weighted by Gasteiger charge is 2.19. The van der Waals surface area contributed by atoms with E-state index in [1.165, 1.54) is 17.3 Å². The van der Waals surface area contributed by atoms with Gasteiger partial charge in [0.2, 0.25) is 5.91 Å². The third kappa shape index (κ3) is 4.30. The van der Waals surface area contributed by atoms with Crippen LogP contribution in [0.25, 0.3) is 0 Å². The molecule has 1 N–H and O–H groups in total. The van der Waals surface area contributed by atoms with Crippen molar-refractivity contribution < 1.29 is 9.53 Å². The van der Waals surface area contributed by atoms with Gasteiger partial charge >= 0.3 is 0 Å². The highest BCUT2D eigenvalue weighted by molar-refractivity contribution is 8.00. The van der Waals surface area contributed by atoms with Crippen molar-refractivity contribution in [3.63, 3.8) is 0 Å². The number of thioether (sulfide) groups is 1. The Kier molecular flexibility index (Phi) is 5.39. The van der Waals surface area contributed by atoms with Gasteiger partial charge in [0, 0.05) is 17.4 Å². The molecule has 4 nitrogen and oxygen atoms in total. The normalized spacial score (nSPS) is 15.7. The van der Waals surface area contributed by atoms with Crippen molar-refractivity contribution in [1.82, 2.24) is 5.32 Å². The second-order valence-electron chi connectivity index (χ2n) is 5.72. The topological polar surface area (TPSA) is 62.1 Å². The number of benzene rings is 2. The number of fused-ring (bicyclic) bond motifs is 1. The summed E-state index contributed by atoms with van der Waals surface area (Å²) in [6.45, 7) is 1.27. The summed E-state index contributed by atoms with van der Waals surface area (Å²) < 4.78 is 5.74. The fourth-order valence-corrected chi connectivity index (χ4v) is 3.33. The molecule has 0 saturated heterocycles. The summed E-state index contributed by atoms with van der Waals surface area (Å²) in [4.78, 5) is 13.0. The first kappa shape index (κ1) is 16.4. The minimum absolute atomic E-state index is 0.0169. The van der Waals surface area contributed by atoms with E-state index in [1.54, 1.807) is 12.1 Å². The Labute approximate surface area is 145 Å². The van der Waals surface area contributed by atoms with Crippen molar-refractivity contribution in [1.29, 1.82) is 5.26 Å². The summed E-state index contributed by atoms with van der Waals surface area (Å²) in [5.41, 5.74) is 1.83. The lowest BCUT2D eigenvalue weighted by Crippen LogP contribution is -2.35. The molecule has 3 rings (SSSR count). The molecule has 5 heteroatoms. The molecule has 1 aliphatic heterocycles. The molecule has 122 valence electrons. The third-order valence-electron chi connectivity index (χ3n) is 3.90. The number of ether oxygens (including phenoxy) is 1. The van der Waals surface area contributed by atoms with Crippen molar-refractivity contribution >= 4 is 17.7 Å². The Hall–Kier alpha value is -2.45. The van der Waals surface area contributed by atoms with Crippen LogP contribution in [0.2, 0.25) is 0 Å². The first-order chi connectivity index (χ1) is 11.7. The van der Waals surface area contributed by atoms with Crippen LogP contribution in [0, 0.1) is 17.2 Å². The molecule has 0 aliphatic carbocycles. The Morgan fingerprint density at radius 1 is 1.25 bits per heavy atom. The van der Waals surface area contributed by atoms with E-state index in [1.807, 2.05) is 30.3 Å². The number of para-hydroxylation sites is 1. The first-order valence-electron chi connectivity index (χ1n) is 7.85. The first-order valence-corrected chi connectivity index (χ1v) is 8.83. The Balaban J connectivity index is 1.42. The molecule has 0 aromatic heterocycles. The number of amides is 1. The van der Waals surface area contributed by atoms with Gasteiger partial charge in [-0.05, 0) is 42.3 Å². The van der Waals surface area contributed by atoms with E-state index in [0.717, 1.165) is 17.1 Å². The van der Waals surface area contributed by atoms with Crippen LogP contribution in [0.1, 0.15) is 11.1 Å². The monoisotopic (exact) mass is 338 g/mol. The molecule has 0 fully saturated rings. The molecule has 24 heavy (non-hydrogen) atoms. The molecule has 0 spiro atoms. The predicted octanol–water partition coefficient (Wildman–Crippen LogP) is 3.02. The minimum Gasteiger partial charge on any atom is -0.493 e. The quantitative estimate of drug-likeness (QED) is 0.851.